The second-order valence-electron chi connectivity index (χ2n) is 31.9. The molecule has 0 N–H and O–H groups in total. The largest absolute Gasteiger partial charge is 0.343 e. The minimum Gasteiger partial charge on any atom is -0.343 e. The fourth-order valence-corrected chi connectivity index (χ4v) is 19.4. The number of aryl methyl sites for hydroxylation is 3. The Hall–Kier alpha value is -8.61. The second kappa shape index (κ2) is 31.6. The minimum atomic E-state index is -0.418. The Bertz CT molecular complexity index is 4280. The highest BCUT2D eigenvalue weighted by molar-refractivity contribution is 6.05. The van der Waals surface area contributed by atoms with E-state index >= 15 is 0 Å². The molecule has 5 aromatic rings. The number of allylic oxidation sites excluding steroid dienone is 4. The molecule has 16 rings (SSSR count). The van der Waals surface area contributed by atoms with Gasteiger partial charge in [-0.05, 0) is 262 Å². The zero-order valence-electron chi connectivity index (χ0n) is 61.7. The van der Waals surface area contributed by atoms with Crippen molar-refractivity contribution in [3.05, 3.63) is 174 Å². The summed E-state index contributed by atoms with van der Waals surface area (Å²) in [5, 5.41) is 8.44. The van der Waals surface area contributed by atoms with Gasteiger partial charge in [0.15, 0.2) is 11.6 Å². The topological polar surface area (TPSA) is 190 Å². The SMILES string of the molecule is CC1=C(C2CCN(C3CCN(C(=O)[C@H](CC(=O)N4CCC(C5=Cc6ccccc6CC5=O)CC4)Cc4cc(C)c5c(c4)C=NC5)CC3)CC2)CC=N1.Cc1cc(C[C@@H](CC(=O)N2CCC(C3=Cc4ccccc4CC3=O)CC2)C(=O)N2CCC(N3CCC(c4nncn4C)CC3)CC2)cc2c1CN=C2. The molecule has 6 fully saturated rings. The molecular formula is C86H104N12O6. The van der Waals surface area contributed by atoms with Crippen LogP contribution in [0.1, 0.15) is 182 Å². The van der Waals surface area contributed by atoms with Gasteiger partial charge in [-0.1, -0.05) is 60.7 Å². The highest BCUT2D eigenvalue weighted by Crippen LogP contribution is 2.39. The van der Waals surface area contributed by atoms with Crippen LogP contribution in [0.5, 0.6) is 0 Å². The van der Waals surface area contributed by atoms with Crippen LogP contribution >= 0.6 is 0 Å². The number of rotatable bonds is 16. The van der Waals surface area contributed by atoms with Crippen LogP contribution in [0, 0.1) is 43.4 Å². The van der Waals surface area contributed by atoms with E-state index in [1.165, 1.54) is 40.8 Å². The number of fused-ring (bicyclic) bond motifs is 4. The van der Waals surface area contributed by atoms with E-state index in [-0.39, 0.29) is 59.9 Å². The van der Waals surface area contributed by atoms with Crippen molar-refractivity contribution >= 4 is 66.0 Å². The standard InChI is InChI=1S/C44H53N5O3.C42H51N7O3/c1-29-21-31(23-37-27-45-28-41(29)37)22-36(26-43(51)48-17-10-33(11-18-48)40-24-34-5-3-4-6-35(34)25-42(40)50)44(52)49-19-12-38(13-20-49)47-15-8-32(9-16-47)39-7-14-46-30(39)2;1-28-19-29(21-35-25-43-26-38(28)35)20-34(24-40(51)48-15-7-30(8-16-48)37-22-32-5-3-4-6-33(32)23-39(37)50)42(52)49-17-11-36(12-18-49)47-13-9-31(10-14-47)41-45-44-27-46(41)2/h3-6,14,21,23-24,27,32-33,36,38H,7-13,15-20,22,25-26,28H2,1-2H3;3-6,19,21-22,25,27,30-31,34,36H,7-18,20,23-24,26H2,1-2H3/t36-;34-/m00/s1. The fraction of sp³-hybridized carbons (Fsp3) is 0.523. The lowest BCUT2D eigenvalue weighted by Crippen LogP contribution is -2.50. The van der Waals surface area contributed by atoms with Crippen LogP contribution in [-0.2, 0) is 74.6 Å². The van der Waals surface area contributed by atoms with E-state index in [4.69, 9.17) is 0 Å². The van der Waals surface area contributed by atoms with Crippen LogP contribution in [0.15, 0.2) is 117 Å². The first kappa shape index (κ1) is 71.0. The molecule has 2 atom stereocenters. The van der Waals surface area contributed by atoms with Crippen LogP contribution in [0.4, 0.5) is 0 Å². The summed E-state index contributed by atoms with van der Waals surface area (Å²) in [4.78, 5) is 110. The quantitative estimate of drug-likeness (QED) is 0.0919. The molecule has 1 aromatic heterocycles. The van der Waals surface area contributed by atoms with Crippen molar-refractivity contribution in [3.8, 4) is 0 Å². The van der Waals surface area contributed by atoms with Crippen LogP contribution < -0.4 is 0 Å². The summed E-state index contributed by atoms with van der Waals surface area (Å²) < 4.78 is 2.04. The van der Waals surface area contributed by atoms with Crippen LogP contribution in [0.2, 0.25) is 0 Å². The number of aromatic nitrogens is 3. The maximum atomic E-state index is 14.4. The van der Waals surface area contributed by atoms with Gasteiger partial charge in [0.25, 0.3) is 0 Å². The van der Waals surface area contributed by atoms with E-state index < -0.39 is 11.8 Å². The molecule has 0 saturated carbocycles. The number of piperidine rings is 6. The number of hydrogen-bond donors (Lipinski definition) is 0. The molecule has 104 heavy (non-hydrogen) atoms. The highest BCUT2D eigenvalue weighted by atomic mass is 16.2. The Balaban J connectivity index is 0.000000167. The third-order valence-electron chi connectivity index (χ3n) is 25.6. The molecular weight excluding hydrogens is 1300 g/mol. The molecule has 9 aliphatic heterocycles. The van der Waals surface area contributed by atoms with Crippen molar-refractivity contribution in [3.63, 3.8) is 0 Å². The number of carbonyl (C=O) groups excluding carboxylic acids is 6. The number of amides is 4. The van der Waals surface area contributed by atoms with Crippen LogP contribution in [0.3, 0.4) is 0 Å². The summed E-state index contributed by atoms with van der Waals surface area (Å²) in [6, 6.07) is 26.0. The number of Topliss-reactive ketones (excluding diaryl/α,β-unsaturated/α-hetero) is 2. The summed E-state index contributed by atoms with van der Waals surface area (Å²) in [5.41, 5.74) is 18.4. The molecule has 0 radical (unpaired) electrons. The van der Waals surface area contributed by atoms with E-state index in [1.54, 1.807) is 11.9 Å². The predicted octanol–water partition coefficient (Wildman–Crippen LogP) is 11.3. The van der Waals surface area contributed by atoms with Gasteiger partial charge in [-0.3, -0.25) is 43.7 Å². The Labute approximate surface area is 613 Å². The highest BCUT2D eigenvalue weighted by Gasteiger charge is 2.40. The number of likely N-dealkylation sites (tertiary alicyclic amines) is 6. The number of hydrogen-bond acceptors (Lipinski definition) is 13. The minimum absolute atomic E-state index is 0.0474. The van der Waals surface area contributed by atoms with Gasteiger partial charge < -0.3 is 34.0 Å². The van der Waals surface area contributed by atoms with E-state index in [0.29, 0.717) is 88.9 Å². The second-order valence-corrected chi connectivity index (χ2v) is 31.9. The van der Waals surface area contributed by atoms with E-state index in [2.05, 4.69) is 115 Å². The summed E-state index contributed by atoms with van der Waals surface area (Å²) in [6.45, 7) is 17.6. The fourth-order valence-electron chi connectivity index (χ4n) is 19.4. The zero-order valence-corrected chi connectivity index (χ0v) is 61.7. The van der Waals surface area contributed by atoms with Crippen molar-refractivity contribution in [1.29, 1.82) is 0 Å². The lowest BCUT2D eigenvalue weighted by molar-refractivity contribution is -0.143. The summed E-state index contributed by atoms with van der Waals surface area (Å²) in [7, 11) is 2.02. The number of nitrogens with zero attached hydrogens (tertiary/aromatic N) is 12. The van der Waals surface area contributed by atoms with Gasteiger partial charge in [-0.25, -0.2) is 0 Å². The van der Waals surface area contributed by atoms with Crippen molar-refractivity contribution in [2.75, 3.05) is 78.5 Å². The van der Waals surface area contributed by atoms with E-state index in [9.17, 15) is 28.8 Å². The van der Waals surface area contributed by atoms with Crippen molar-refractivity contribution in [2.24, 2.45) is 51.6 Å². The lowest BCUT2D eigenvalue weighted by Gasteiger charge is -2.42. The molecule has 4 aromatic carbocycles. The van der Waals surface area contributed by atoms with Gasteiger partial charge >= 0.3 is 0 Å². The van der Waals surface area contributed by atoms with Crippen molar-refractivity contribution in [1.82, 2.24) is 44.2 Å². The zero-order chi connectivity index (χ0) is 71.5. The molecule has 18 nitrogen and oxygen atoms in total. The van der Waals surface area contributed by atoms with Gasteiger partial charge in [0.1, 0.15) is 12.2 Å². The molecule has 6 saturated heterocycles. The van der Waals surface area contributed by atoms with Crippen molar-refractivity contribution in [2.45, 2.75) is 174 Å². The monoisotopic (exact) mass is 1400 g/mol. The normalized spacial score (nSPS) is 21.5. The Kier molecular flexibility index (Phi) is 21.6. The third-order valence-corrected chi connectivity index (χ3v) is 25.6. The molecule has 0 spiro atoms. The maximum Gasteiger partial charge on any atom is 0.226 e. The number of carbonyl (C=O) groups is 6. The first-order valence-electron chi connectivity index (χ1n) is 39.2. The van der Waals surface area contributed by atoms with Gasteiger partial charge in [0, 0.05) is 134 Å². The third kappa shape index (κ3) is 15.7. The lowest BCUT2D eigenvalue weighted by atomic mass is 9.80. The summed E-state index contributed by atoms with van der Waals surface area (Å²) >= 11 is 0. The average Bonchev–Trinajstić information content (AvgIpc) is 1.53. The summed E-state index contributed by atoms with van der Waals surface area (Å²) in [5.74, 6) is 2.45. The van der Waals surface area contributed by atoms with Gasteiger partial charge in [0.05, 0.1) is 24.9 Å². The van der Waals surface area contributed by atoms with E-state index in [0.717, 1.165) is 184 Å². The average molecular weight is 1400 g/mol. The Morgan fingerprint density at radius 2 is 0.913 bits per heavy atom. The molecule has 10 heterocycles. The van der Waals surface area contributed by atoms with Crippen molar-refractivity contribution < 1.29 is 28.8 Å². The molecule has 0 bridgehead atoms. The van der Waals surface area contributed by atoms with Gasteiger partial charge in [-0.2, -0.15) is 0 Å². The number of ketones is 2. The predicted molar refractivity (Wildman–Crippen MR) is 407 cm³/mol. The Morgan fingerprint density at radius 3 is 1.34 bits per heavy atom. The first-order valence-corrected chi connectivity index (χ1v) is 39.2. The van der Waals surface area contributed by atoms with Gasteiger partial charge in [0.2, 0.25) is 23.6 Å². The Morgan fingerprint density at radius 1 is 0.490 bits per heavy atom. The molecule has 0 unspecified atom stereocenters. The molecule has 544 valence electrons. The smallest absolute Gasteiger partial charge is 0.226 e. The number of benzene rings is 4. The van der Waals surface area contributed by atoms with Crippen LogP contribution in [0.25, 0.3) is 12.2 Å². The van der Waals surface area contributed by atoms with E-state index in [1.807, 2.05) is 75.1 Å². The van der Waals surface area contributed by atoms with Gasteiger partial charge in [-0.15, -0.1) is 10.2 Å². The molecule has 11 aliphatic rings. The summed E-state index contributed by atoms with van der Waals surface area (Å²) in [6.07, 6.45) is 26.9. The van der Waals surface area contributed by atoms with Crippen LogP contribution in [-0.4, -0.2) is 189 Å². The molecule has 4 amide bonds. The first-order chi connectivity index (χ1) is 50.6. The maximum absolute atomic E-state index is 14.4. The number of aliphatic imine (C=N–C) groups is 3. The molecule has 18 heteroatoms. The molecule has 2 aliphatic carbocycles.